The van der Waals surface area contributed by atoms with Gasteiger partial charge in [0.25, 0.3) is 0 Å². The zero-order valence-corrected chi connectivity index (χ0v) is 17.9. The Morgan fingerprint density at radius 1 is 0.826 bits per heavy atom. The summed E-state index contributed by atoms with van der Waals surface area (Å²) in [4.78, 5) is 0. The van der Waals surface area contributed by atoms with Gasteiger partial charge in [-0.1, -0.05) is 79.1 Å². The van der Waals surface area contributed by atoms with E-state index < -0.39 is 8.32 Å². The molecule has 0 aromatic rings. The molecule has 1 N–H and O–H groups in total. The molecule has 0 aliphatic heterocycles. The molecule has 0 amide bonds. The van der Waals surface area contributed by atoms with E-state index in [1.165, 1.54) is 57.8 Å². The standard InChI is InChI=1S/C20H44O2Si/c1-7-19(21)17-15-13-11-9-8-10-12-14-16-18-22-23(5,6)20(2,3)4/h19,21H,7-18H2,1-6H3. The molecule has 0 aliphatic carbocycles. The van der Waals surface area contributed by atoms with E-state index in [1.54, 1.807) is 0 Å². The fraction of sp³-hybridized carbons (Fsp3) is 1.00. The maximum absolute atomic E-state index is 9.49. The summed E-state index contributed by atoms with van der Waals surface area (Å²) in [7, 11) is -1.53. The Bertz CT molecular complexity index is 271. The molecule has 0 aliphatic rings. The van der Waals surface area contributed by atoms with Gasteiger partial charge in [-0.25, -0.2) is 0 Å². The summed E-state index contributed by atoms with van der Waals surface area (Å²) in [6.45, 7) is 14.6. The van der Waals surface area contributed by atoms with Crippen molar-refractivity contribution >= 4 is 8.32 Å². The lowest BCUT2D eigenvalue weighted by atomic mass is 10.0. The van der Waals surface area contributed by atoms with Gasteiger partial charge in [-0.05, 0) is 37.4 Å². The molecule has 0 fully saturated rings. The van der Waals surface area contributed by atoms with E-state index >= 15 is 0 Å². The van der Waals surface area contributed by atoms with Crippen LogP contribution in [0, 0.1) is 0 Å². The Labute approximate surface area is 147 Å². The van der Waals surface area contributed by atoms with Crippen LogP contribution in [0.3, 0.4) is 0 Å². The summed E-state index contributed by atoms with van der Waals surface area (Å²) in [6, 6.07) is 0. The highest BCUT2D eigenvalue weighted by atomic mass is 28.4. The average Bonchev–Trinajstić information content (AvgIpc) is 2.46. The quantitative estimate of drug-likeness (QED) is 0.281. The molecule has 3 heteroatoms. The monoisotopic (exact) mass is 344 g/mol. The minimum absolute atomic E-state index is 0.0662. The molecule has 0 radical (unpaired) electrons. The first-order valence-corrected chi connectivity index (χ1v) is 12.9. The summed E-state index contributed by atoms with van der Waals surface area (Å²) in [6.07, 6.45) is 13.7. The number of unbranched alkanes of at least 4 members (excludes halogenated alkanes) is 8. The van der Waals surface area contributed by atoms with E-state index in [-0.39, 0.29) is 6.10 Å². The number of aliphatic hydroxyl groups is 1. The van der Waals surface area contributed by atoms with Crippen LogP contribution in [0.5, 0.6) is 0 Å². The molecule has 0 heterocycles. The third-order valence-electron chi connectivity index (χ3n) is 5.42. The van der Waals surface area contributed by atoms with Crippen molar-refractivity contribution in [3.63, 3.8) is 0 Å². The van der Waals surface area contributed by atoms with Gasteiger partial charge in [0.15, 0.2) is 8.32 Å². The topological polar surface area (TPSA) is 29.5 Å². The Kier molecular flexibility index (Phi) is 12.6. The van der Waals surface area contributed by atoms with E-state index in [4.69, 9.17) is 4.43 Å². The molecule has 0 saturated carbocycles. The van der Waals surface area contributed by atoms with Crippen LogP contribution in [-0.4, -0.2) is 26.1 Å². The van der Waals surface area contributed by atoms with Crippen LogP contribution in [0.2, 0.25) is 18.1 Å². The van der Waals surface area contributed by atoms with E-state index in [1.807, 2.05) is 0 Å². The molecule has 0 bridgehead atoms. The SMILES string of the molecule is CCC(O)CCCCCCCCCCCO[Si](C)(C)C(C)(C)C. The fourth-order valence-corrected chi connectivity index (χ4v) is 3.56. The average molecular weight is 345 g/mol. The fourth-order valence-electron chi connectivity index (χ4n) is 2.47. The molecule has 1 atom stereocenters. The first kappa shape index (κ1) is 23.1. The number of hydrogen-bond acceptors (Lipinski definition) is 2. The van der Waals surface area contributed by atoms with Crippen LogP contribution in [-0.2, 0) is 4.43 Å². The summed E-state index contributed by atoms with van der Waals surface area (Å²) in [5, 5.41) is 9.82. The van der Waals surface area contributed by atoms with Gasteiger partial charge >= 0.3 is 0 Å². The second-order valence-electron chi connectivity index (χ2n) is 8.64. The van der Waals surface area contributed by atoms with Gasteiger partial charge in [0.1, 0.15) is 0 Å². The Morgan fingerprint density at radius 2 is 1.26 bits per heavy atom. The molecule has 0 spiro atoms. The molecule has 2 nitrogen and oxygen atoms in total. The highest BCUT2D eigenvalue weighted by Crippen LogP contribution is 2.36. The highest BCUT2D eigenvalue weighted by Gasteiger charge is 2.36. The van der Waals surface area contributed by atoms with Crippen molar-refractivity contribution in [3.8, 4) is 0 Å². The maximum atomic E-state index is 9.49. The minimum atomic E-state index is -1.53. The van der Waals surface area contributed by atoms with Gasteiger partial charge in [-0.15, -0.1) is 0 Å². The molecule has 0 saturated heterocycles. The van der Waals surface area contributed by atoms with Gasteiger partial charge in [0.05, 0.1) is 6.10 Å². The second-order valence-corrected chi connectivity index (χ2v) is 13.5. The second kappa shape index (κ2) is 12.5. The first-order chi connectivity index (χ1) is 10.7. The van der Waals surface area contributed by atoms with Crippen molar-refractivity contribution in [2.24, 2.45) is 0 Å². The molecule has 0 aromatic heterocycles. The molecule has 0 aromatic carbocycles. The molecular formula is C20H44O2Si. The van der Waals surface area contributed by atoms with E-state index in [2.05, 4.69) is 40.8 Å². The number of aliphatic hydroxyl groups excluding tert-OH is 1. The van der Waals surface area contributed by atoms with Crippen LogP contribution in [0.15, 0.2) is 0 Å². The summed E-state index contributed by atoms with van der Waals surface area (Å²) in [5.41, 5.74) is 0. The summed E-state index contributed by atoms with van der Waals surface area (Å²) in [5.74, 6) is 0. The van der Waals surface area contributed by atoms with Crippen molar-refractivity contribution in [1.82, 2.24) is 0 Å². The van der Waals surface area contributed by atoms with Gasteiger partial charge < -0.3 is 9.53 Å². The molecule has 23 heavy (non-hydrogen) atoms. The molecule has 1 unspecified atom stereocenters. The predicted octanol–water partition coefficient (Wildman–Crippen LogP) is 6.68. The van der Waals surface area contributed by atoms with Crippen molar-refractivity contribution in [1.29, 1.82) is 0 Å². The number of hydrogen-bond donors (Lipinski definition) is 1. The van der Waals surface area contributed by atoms with Crippen molar-refractivity contribution < 1.29 is 9.53 Å². The largest absolute Gasteiger partial charge is 0.417 e. The first-order valence-electron chi connectivity index (χ1n) is 10.0. The third kappa shape index (κ3) is 12.2. The predicted molar refractivity (Wildman–Crippen MR) is 106 cm³/mol. The van der Waals surface area contributed by atoms with Gasteiger partial charge in [-0.3, -0.25) is 0 Å². The van der Waals surface area contributed by atoms with Crippen LogP contribution in [0.4, 0.5) is 0 Å². The van der Waals surface area contributed by atoms with Crippen molar-refractivity contribution in [2.75, 3.05) is 6.61 Å². The normalized spacial score (nSPS) is 14.2. The van der Waals surface area contributed by atoms with Crippen LogP contribution in [0.1, 0.15) is 98.3 Å². The van der Waals surface area contributed by atoms with Gasteiger partial charge in [-0.2, -0.15) is 0 Å². The van der Waals surface area contributed by atoms with Crippen molar-refractivity contribution in [2.45, 2.75) is 123 Å². The lowest BCUT2D eigenvalue weighted by molar-refractivity contribution is 0.156. The molecule has 140 valence electrons. The summed E-state index contributed by atoms with van der Waals surface area (Å²) < 4.78 is 6.21. The zero-order valence-electron chi connectivity index (χ0n) is 16.9. The summed E-state index contributed by atoms with van der Waals surface area (Å²) >= 11 is 0. The maximum Gasteiger partial charge on any atom is 0.191 e. The Balaban J connectivity index is 3.32. The van der Waals surface area contributed by atoms with Crippen LogP contribution < -0.4 is 0 Å². The molecular weight excluding hydrogens is 300 g/mol. The zero-order chi connectivity index (χ0) is 17.8. The van der Waals surface area contributed by atoms with Crippen LogP contribution >= 0.6 is 0 Å². The van der Waals surface area contributed by atoms with E-state index in [9.17, 15) is 5.11 Å². The van der Waals surface area contributed by atoms with E-state index in [0.717, 1.165) is 19.4 Å². The highest BCUT2D eigenvalue weighted by molar-refractivity contribution is 6.74. The lowest BCUT2D eigenvalue weighted by Crippen LogP contribution is -2.40. The Morgan fingerprint density at radius 3 is 1.70 bits per heavy atom. The van der Waals surface area contributed by atoms with Crippen LogP contribution in [0.25, 0.3) is 0 Å². The third-order valence-corrected chi connectivity index (χ3v) is 9.96. The lowest BCUT2D eigenvalue weighted by Gasteiger charge is -2.36. The Hall–Kier alpha value is 0.137. The minimum Gasteiger partial charge on any atom is -0.417 e. The van der Waals surface area contributed by atoms with Gasteiger partial charge in [0, 0.05) is 6.61 Å². The smallest absolute Gasteiger partial charge is 0.191 e. The van der Waals surface area contributed by atoms with Crippen molar-refractivity contribution in [3.05, 3.63) is 0 Å². The van der Waals surface area contributed by atoms with Gasteiger partial charge in [0.2, 0.25) is 0 Å². The molecule has 0 rings (SSSR count). The number of rotatable bonds is 14. The van der Waals surface area contributed by atoms with E-state index in [0.29, 0.717) is 5.04 Å².